The quantitative estimate of drug-likeness (QED) is 0.740. The van der Waals surface area contributed by atoms with Crippen LogP contribution in [0.15, 0.2) is 23.1 Å². The highest BCUT2D eigenvalue weighted by molar-refractivity contribution is 7.89. The topological polar surface area (TPSA) is 101 Å². The second kappa shape index (κ2) is 5.80. The molecule has 0 aromatic heterocycles. The van der Waals surface area contributed by atoms with Gasteiger partial charge in [-0.15, -0.1) is 0 Å². The number of hydrogen-bond acceptors (Lipinski definition) is 4. The third-order valence-electron chi connectivity index (χ3n) is 3.21. The van der Waals surface area contributed by atoms with Crippen LogP contribution in [0.2, 0.25) is 0 Å². The van der Waals surface area contributed by atoms with E-state index in [9.17, 15) is 13.2 Å². The Balaban J connectivity index is 2.28. The standard InChI is InChI=1S/C13H19N3O3S/c1-9(8-13(14)17)16-20(18,19)12-6-2-5-11-10(12)4-3-7-15-11/h2,5-6,9,15-16H,3-4,7-8H2,1H3,(H2,14,17). The van der Waals surface area contributed by atoms with E-state index in [-0.39, 0.29) is 11.3 Å². The molecule has 1 aliphatic heterocycles. The molecule has 1 atom stereocenters. The molecule has 20 heavy (non-hydrogen) atoms. The smallest absolute Gasteiger partial charge is 0.241 e. The van der Waals surface area contributed by atoms with E-state index < -0.39 is 22.0 Å². The van der Waals surface area contributed by atoms with Gasteiger partial charge in [-0.05, 0) is 37.5 Å². The molecule has 1 amide bonds. The van der Waals surface area contributed by atoms with Gasteiger partial charge in [0.05, 0.1) is 4.90 Å². The fraction of sp³-hybridized carbons (Fsp3) is 0.462. The normalized spacial score (nSPS) is 16.1. The maximum Gasteiger partial charge on any atom is 0.241 e. The molecule has 0 spiro atoms. The SMILES string of the molecule is CC(CC(N)=O)NS(=O)(=O)c1cccc2c1CCCN2. The Labute approximate surface area is 118 Å². The van der Waals surface area contributed by atoms with E-state index in [1.54, 1.807) is 19.1 Å². The molecule has 1 heterocycles. The van der Waals surface area contributed by atoms with E-state index in [0.29, 0.717) is 0 Å². The lowest BCUT2D eigenvalue weighted by molar-refractivity contribution is -0.118. The number of nitrogens with one attached hydrogen (secondary N) is 2. The monoisotopic (exact) mass is 297 g/mol. The summed E-state index contributed by atoms with van der Waals surface area (Å²) in [7, 11) is -3.64. The van der Waals surface area contributed by atoms with Crippen molar-refractivity contribution in [2.24, 2.45) is 5.73 Å². The van der Waals surface area contributed by atoms with Crippen molar-refractivity contribution in [1.82, 2.24) is 4.72 Å². The van der Waals surface area contributed by atoms with Gasteiger partial charge in [-0.2, -0.15) is 0 Å². The first kappa shape index (κ1) is 14.8. The van der Waals surface area contributed by atoms with Crippen LogP contribution in [-0.2, 0) is 21.2 Å². The molecule has 1 aliphatic rings. The highest BCUT2D eigenvalue weighted by Gasteiger charge is 2.24. The largest absolute Gasteiger partial charge is 0.385 e. The summed E-state index contributed by atoms with van der Waals surface area (Å²) in [6.45, 7) is 2.47. The summed E-state index contributed by atoms with van der Waals surface area (Å²) in [5.41, 5.74) is 6.74. The van der Waals surface area contributed by atoms with Crippen molar-refractivity contribution in [1.29, 1.82) is 0 Å². The molecule has 110 valence electrons. The molecule has 4 N–H and O–H groups in total. The van der Waals surface area contributed by atoms with E-state index in [4.69, 9.17) is 5.73 Å². The van der Waals surface area contributed by atoms with Crippen molar-refractivity contribution in [3.8, 4) is 0 Å². The molecule has 1 unspecified atom stereocenters. The summed E-state index contributed by atoms with van der Waals surface area (Å²) in [5, 5.41) is 3.19. The van der Waals surface area contributed by atoms with Gasteiger partial charge >= 0.3 is 0 Å². The van der Waals surface area contributed by atoms with Crippen molar-refractivity contribution in [2.75, 3.05) is 11.9 Å². The minimum absolute atomic E-state index is 0.0213. The lowest BCUT2D eigenvalue weighted by atomic mass is 10.0. The molecule has 0 saturated heterocycles. The highest BCUT2D eigenvalue weighted by Crippen LogP contribution is 2.28. The lowest BCUT2D eigenvalue weighted by Gasteiger charge is -2.22. The van der Waals surface area contributed by atoms with Crippen LogP contribution in [-0.4, -0.2) is 26.9 Å². The van der Waals surface area contributed by atoms with Gasteiger partial charge in [0.2, 0.25) is 15.9 Å². The number of fused-ring (bicyclic) bond motifs is 1. The van der Waals surface area contributed by atoms with Gasteiger partial charge in [-0.25, -0.2) is 13.1 Å². The fourth-order valence-corrected chi connectivity index (χ4v) is 3.94. The van der Waals surface area contributed by atoms with Crippen molar-refractivity contribution >= 4 is 21.6 Å². The van der Waals surface area contributed by atoms with E-state index in [0.717, 1.165) is 30.6 Å². The average molecular weight is 297 g/mol. The van der Waals surface area contributed by atoms with E-state index >= 15 is 0 Å². The van der Waals surface area contributed by atoms with Gasteiger partial charge in [0, 0.05) is 24.7 Å². The Hall–Kier alpha value is -1.60. The highest BCUT2D eigenvalue weighted by atomic mass is 32.2. The number of nitrogens with two attached hydrogens (primary N) is 1. The Morgan fingerprint density at radius 2 is 2.25 bits per heavy atom. The second-order valence-corrected chi connectivity index (χ2v) is 6.69. The van der Waals surface area contributed by atoms with Crippen LogP contribution in [0, 0.1) is 0 Å². The summed E-state index contributed by atoms with van der Waals surface area (Å²) in [6, 6.07) is 4.65. The van der Waals surface area contributed by atoms with E-state index in [2.05, 4.69) is 10.0 Å². The average Bonchev–Trinajstić information content (AvgIpc) is 2.36. The third-order valence-corrected chi connectivity index (χ3v) is 4.88. The third kappa shape index (κ3) is 3.29. The summed E-state index contributed by atoms with van der Waals surface area (Å²) in [5.74, 6) is -0.531. The van der Waals surface area contributed by atoms with Gasteiger partial charge in [-0.1, -0.05) is 6.07 Å². The van der Waals surface area contributed by atoms with Crippen LogP contribution in [0.5, 0.6) is 0 Å². The van der Waals surface area contributed by atoms with E-state index in [1.807, 2.05) is 6.07 Å². The molecule has 0 saturated carbocycles. The van der Waals surface area contributed by atoms with Crippen LogP contribution in [0.25, 0.3) is 0 Å². The fourth-order valence-electron chi connectivity index (χ4n) is 2.40. The van der Waals surface area contributed by atoms with Crippen LogP contribution < -0.4 is 15.8 Å². The van der Waals surface area contributed by atoms with Crippen LogP contribution >= 0.6 is 0 Å². The van der Waals surface area contributed by atoms with Crippen molar-refractivity contribution in [2.45, 2.75) is 37.1 Å². The van der Waals surface area contributed by atoms with Gasteiger partial charge in [-0.3, -0.25) is 4.79 Å². The van der Waals surface area contributed by atoms with Crippen LogP contribution in [0.4, 0.5) is 5.69 Å². The molecular weight excluding hydrogens is 278 g/mol. The maximum absolute atomic E-state index is 12.4. The number of primary amides is 1. The van der Waals surface area contributed by atoms with Gasteiger partial charge < -0.3 is 11.1 Å². The lowest BCUT2D eigenvalue weighted by Crippen LogP contribution is -2.36. The number of hydrogen-bond donors (Lipinski definition) is 3. The second-order valence-electron chi connectivity index (χ2n) is 5.01. The molecule has 0 aliphatic carbocycles. The molecule has 1 aromatic rings. The minimum atomic E-state index is -3.64. The first-order valence-electron chi connectivity index (χ1n) is 6.56. The summed E-state index contributed by atoms with van der Waals surface area (Å²) < 4.78 is 27.3. The summed E-state index contributed by atoms with van der Waals surface area (Å²) in [6.07, 6.45) is 1.60. The predicted molar refractivity (Wildman–Crippen MR) is 76.8 cm³/mol. The number of amides is 1. The Morgan fingerprint density at radius 1 is 1.50 bits per heavy atom. The molecule has 0 bridgehead atoms. The van der Waals surface area contributed by atoms with Gasteiger partial charge in [0.1, 0.15) is 0 Å². The molecule has 1 aromatic carbocycles. The number of carbonyl (C=O) groups is 1. The molecule has 0 radical (unpaired) electrons. The predicted octanol–water partition coefficient (Wildman–Crippen LogP) is 0.587. The van der Waals surface area contributed by atoms with Crippen LogP contribution in [0.3, 0.4) is 0 Å². The molecule has 6 nitrogen and oxygen atoms in total. The van der Waals surface area contributed by atoms with E-state index in [1.165, 1.54) is 0 Å². The zero-order valence-electron chi connectivity index (χ0n) is 11.3. The molecule has 2 rings (SSSR count). The molecule has 0 fully saturated rings. The zero-order valence-corrected chi connectivity index (χ0v) is 12.2. The first-order valence-corrected chi connectivity index (χ1v) is 8.05. The van der Waals surface area contributed by atoms with Gasteiger partial charge in [0.15, 0.2) is 0 Å². The Bertz CT molecular complexity index is 613. The summed E-state index contributed by atoms with van der Waals surface area (Å²) >= 11 is 0. The maximum atomic E-state index is 12.4. The minimum Gasteiger partial charge on any atom is -0.385 e. The molecular formula is C13H19N3O3S. The molecule has 7 heteroatoms. The number of sulfonamides is 1. The zero-order chi connectivity index (χ0) is 14.8. The van der Waals surface area contributed by atoms with Crippen molar-refractivity contribution in [3.63, 3.8) is 0 Å². The van der Waals surface area contributed by atoms with Crippen molar-refractivity contribution in [3.05, 3.63) is 23.8 Å². The number of benzene rings is 1. The Kier molecular flexibility index (Phi) is 4.29. The van der Waals surface area contributed by atoms with Crippen LogP contribution in [0.1, 0.15) is 25.3 Å². The van der Waals surface area contributed by atoms with Gasteiger partial charge in [0.25, 0.3) is 0 Å². The Morgan fingerprint density at radius 3 is 2.95 bits per heavy atom. The first-order chi connectivity index (χ1) is 9.40. The number of rotatable bonds is 5. The number of carbonyl (C=O) groups excluding carboxylic acids is 1. The summed E-state index contributed by atoms with van der Waals surface area (Å²) in [4.78, 5) is 11.1. The number of anilines is 1. The van der Waals surface area contributed by atoms with Crippen molar-refractivity contribution < 1.29 is 13.2 Å².